The highest BCUT2D eigenvalue weighted by molar-refractivity contribution is 7.99. The number of aromatic nitrogens is 2. The summed E-state index contributed by atoms with van der Waals surface area (Å²) in [5.41, 5.74) is 4.88. The van der Waals surface area contributed by atoms with Gasteiger partial charge in [-0.2, -0.15) is 11.8 Å². The van der Waals surface area contributed by atoms with Crippen molar-refractivity contribution in [1.82, 2.24) is 9.97 Å². The molecule has 0 unspecified atom stereocenters. The smallest absolute Gasteiger partial charge is 0.161 e. The number of nitrogens with zero attached hydrogens (tertiary/aromatic N) is 3. The third kappa shape index (κ3) is 5.52. The van der Waals surface area contributed by atoms with Crippen molar-refractivity contribution in [3.8, 4) is 11.4 Å². The highest BCUT2D eigenvalue weighted by Crippen LogP contribution is 2.55. The monoisotopic (exact) mass is 415 g/mol. The number of hydrogen-bond donors (Lipinski definition) is 0. The second-order valence-electron chi connectivity index (χ2n) is 7.03. The van der Waals surface area contributed by atoms with Crippen LogP contribution in [0.5, 0.6) is 0 Å². The van der Waals surface area contributed by atoms with E-state index < -0.39 is 0 Å². The van der Waals surface area contributed by atoms with Crippen LogP contribution >= 0.6 is 11.8 Å². The van der Waals surface area contributed by atoms with Gasteiger partial charge < -0.3 is 9.64 Å². The Hall–Kier alpha value is -1.59. The summed E-state index contributed by atoms with van der Waals surface area (Å²) in [6.45, 7) is 15.6. The van der Waals surface area contributed by atoms with E-state index in [1.165, 1.54) is 29.7 Å². The van der Waals surface area contributed by atoms with E-state index in [1.54, 1.807) is 0 Å². The van der Waals surface area contributed by atoms with Crippen LogP contribution in [0.1, 0.15) is 57.4 Å². The summed E-state index contributed by atoms with van der Waals surface area (Å²) in [5, 5.41) is 0. The lowest BCUT2D eigenvalue weighted by molar-refractivity contribution is 0.122. The average Bonchev–Trinajstić information content (AvgIpc) is 3.60. The number of anilines is 1. The predicted molar refractivity (Wildman–Crippen MR) is 127 cm³/mol. The molecule has 5 heteroatoms. The van der Waals surface area contributed by atoms with Crippen molar-refractivity contribution >= 4 is 17.6 Å². The Morgan fingerprint density at radius 2 is 1.59 bits per heavy atom. The zero-order chi connectivity index (χ0) is 21.4. The molecule has 160 valence electrons. The van der Waals surface area contributed by atoms with Gasteiger partial charge in [-0.05, 0) is 50.1 Å². The SMILES string of the molecule is CC.CC.CSC1(c2cc(N3CCOCC3)nc(-c3ccc(C)c(C)c3)n2)CC1. The maximum atomic E-state index is 5.51. The molecule has 29 heavy (non-hydrogen) atoms. The van der Waals surface area contributed by atoms with Crippen LogP contribution in [0.15, 0.2) is 24.3 Å². The molecule has 0 N–H and O–H groups in total. The molecule has 1 aliphatic heterocycles. The van der Waals surface area contributed by atoms with Crippen LogP contribution in [0.2, 0.25) is 0 Å². The van der Waals surface area contributed by atoms with Crippen LogP contribution in [0.25, 0.3) is 11.4 Å². The normalized spacial score (nSPS) is 16.9. The first-order valence-electron chi connectivity index (χ1n) is 11.0. The highest BCUT2D eigenvalue weighted by atomic mass is 32.2. The molecule has 0 radical (unpaired) electrons. The van der Waals surface area contributed by atoms with Crippen LogP contribution in [0.3, 0.4) is 0 Å². The highest BCUT2D eigenvalue weighted by Gasteiger charge is 2.45. The predicted octanol–water partition coefficient (Wildman–Crippen LogP) is 6.00. The van der Waals surface area contributed by atoms with Crippen molar-refractivity contribution in [2.45, 2.75) is 59.1 Å². The zero-order valence-electron chi connectivity index (χ0n) is 19.2. The molecule has 1 aromatic carbocycles. The molecule has 1 saturated carbocycles. The fraction of sp³-hybridized carbons (Fsp3) is 0.583. The molecule has 4 rings (SSSR count). The first-order valence-corrected chi connectivity index (χ1v) is 12.2. The van der Waals surface area contributed by atoms with Gasteiger partial charge in [-0.3, -0.25) is 0 Å². The van der Waals surface area contributed by atoms with Crippen molar-refractivity contribution in [1.29, 1.82) is 0 Å². The lowest BCUT2D eigenvalue weighted by Gasteiger charge is -2.29. The topological polar surface area (TPSA) is 38.2 Å². The summed E-state index contributed by atoms with van der Waals surface area (Å²) >= 11 is 1.92. The van der Waals surface area contributed by atoms with Gasteiger partial charge in [0.2, 0.25) is 0 Å². The van der Waals surface area contributed by atoms with E-state index in [0.29, 0.717) is 0 Å². The van der Waals surface area contributed by atoms with Crippen molar-refractivity contribution in [3.05, 3.63) is 41.1 Å². The molecule has 4 nitrogen and oxygen atoms in total. The maximum absolute atomic E-state index is 5.51. The van der Waals surface area contributed by atoms with Crippen LogP contribution in [-0.4, -0.2) is 42.5 Å². The molecule has 0 atom stereocenters. The van der Waals surface area contributed by atoms with Gasteiger partial charge in [-0.15, -0.1) is 0 Å². The van der Waals surface area contributed by atoms with Gasteiger partial charge in [0.05, 0.1) is 23.7 Å². The molecule has 2 fully saturated rings. The molecular formula is C24H37N3OS. The largest absolute Gasteiger partial charge is 0.378 e. The van der Waals surface area contributed by atoms with Gasteiger partial charge in [-0.1, -0.05) is 39.8 Å². The summed E-state index contributed by atoms with van der Waals surface area (Å²) in [5.74, 6) is 1.89. The number of hydrogen-bond acceptors (Lipinski definition) is 5. The Labute approximate surface area is 181 Å². The van der Waals surface area contributed by atoms with Gasteiger partial charge in [0.15, 0.2) is 5.82 Å². The standard InChI is InChI=1S/C20H25N3OS.2C2H6/c1-14-4-5-16(12-15(14)2)19-21-17(20(25-3)6-7-20)13-18(22-19)23-8-10-24-11-9-23;2*1-2/h4-5,12-13H,6-11H2,1-3H3;2*1-2H3. The van der Waals surface area contributed by atoms with E-state index in [0.717, 1.165) is 43.5 Å². The fourth-order valence-corrected chi connectivity index (χ4v) is 4.13. The second kappa shape index (κ2) is 11.0. The Morgan fingerprint density at radius 3 is 2.14 bits per heavy atom. The van der Waals surface area contributed by atoms with E-state index in [1.807, 2.05) is 39.5 Å². The molecule has 2 heterocycles. The van der Waals surface area contributed by atoms with E-state index >= 15 is 0 Å². The Balaban J connectivity index is 0.000000707. The van der Waals surface area contributed by atoms with Crippen molar-refractivity contribution in [2.24, 2.45) is 0 Å². The molecule has 1 aliphatic carbocycles. The van der Waals surface area contributed by atoms with Crippen LogP contribution in [-0.2, 0) is 9.48 Å². The van der Waals surface area contributed by atoms with E-state index in [-0.39, 0.29) is 4.75 Å². The van der Waals surface area contributed by atoms with Crippen LogP contribution in [0.4, 0.5) is 5.82 Å². The van der Waals surface area contributed by atoms with Crippen molar-refractivity contribution < 1.29 is 4.74 Å². The molecule has 2 aliphatic rings. The average molecular weight is 416 g/mol. The van der Waals surface area contributed by atoms with E-state index in [2.05, 4.69) is 49.3 Å². The quantitative estimate of drug-likeness (QED) is 0.612. The minimum atomic E-state index is 0.193. The van der Waals surface area contributed by atoms with Gasteiger partial charge in [-0.25, -0.2) is 9.97 Å². The third-order valence-corrected chi connectivity index (χ3v) is 6.77. The Bertz CT molecular complexity index is 784. The number of morpholine rings is 1. The minimum Gasteiger partial charge on any atom is -0.378 e. The second-order valence-corrected chi connectivity index (χ2v) is 8.22. The summed E-state index contributed by atoms with van der Waals surface area (Å²) in [6.07, 6.45) is 4.61. The first kappa shape index (κ1) is 23.7. The molecule has 1 aromatic heterocycles. The first-order chi connectivity index (χ1) is 14.1. The summed E-state index contributed by atoms with van der Waals surface area (Å²) in [6, 6.07) is 8.72. The number of rotatable bonds is 4. The maximum Gasteiger partial charge on any atom is 0.161 e. The van der Waals surface area contributed by atoms with Crippen LogP contribution < -0.4 is 4.90 Å². The van der Waals surface area contributed by atoms with E-state index in [9.17, 15) is 0 Å². The number of benzene rings is 1. The van der Waals surface area contributed by atoms with Gasteiger partial charge in [0.1, 0.15) is 5.82 Å². The molecule has 0 spiro atoms. The summed E-state index contributed by atoms with van der Waals surface area (Å²) < 4.78 is 5.70. The van der Waals surface area contributed by atoms with Crippen molar-refractivity contribution in [3.63, 3.8) is 0 Å². The third-order valence-electron chi connectivity index (χ3n) is 5.37. The lowest BCUT2D eigenvalue weighted by atomic mass is 10.1. The fourth-order valence-electron chi connectivity index (χ4n) is 3.31. The summed E-state index contributed by atoms with van der Waals surface area (Å²) in [7, 11) is 0. The summed E-state index contributed by atoms with van der Waals surface area (Å²) in [4.78, 5) is 12.2. The van der Waals surface area contributed by atoms with Gasteiger partial charge in [0, 0.05) is 24.7 Å². The van der Waals surface area contributed by atoms with E-state index in [4.69, 9.17) is 14.7 Å². The minimum absolute atomic E-state index is 0.193. The molecule has 0 amide bonds. The Kier molecular flexibility index (Phi) is 8.97. The molecular weight excluding hydrogens is 378 g/mol. The Morgan fingerprint density at radius 1 is 0.931 bits per heavy atom. The number of ether oxygens (including phenoxy) is 1. The van der Waals surface area contributed by atoms with Crippen LogP contribution in [0, 0.1) is 13.8 Å². The molecule has 0 bridgehead atoms. The van der Waals surface area contributed by atoms with Gasteiger partial charge in [0.25, 0.3) is 0 Å². The molecule has 1 saturated heterocycles. The number of aryl methyl sites for hydroxylation is 2. The molecule has 2 aromatic rings. The van der Waals surface area contributed by atoms with Crippen molar-refractivity contribution in [2.75, 3.05) is 37.5 Å². The van der Waals surface area contributed by atoms with Gasteiger partial charge >= 0.3 is 0 Å². The zero-order valence-corrected chi connectivity index (χ0v) is 20.0. The lowest BCUT2D eigenvalue weighted by Crippen LogP contribution is -2.37. The number of thioether (sulfide) groups is 1.